The van der Waals surface area contributed by atoms with Crippen LogP contribution in [0.15, 0.2) is 12.1 Å². The van der Waals surface area contributed by atoms with Gasteiger partial charge < -0.3 is 20.8 Å². The Kier molecular flexibility index (Phi) is 2.93. The molecule has 112 valence electrons. The number of nitrogens with zero attached hydrogens (tertiary/aromatic N) is 2. The Labute approximate surface area is 121 Å². The number of nitrogen functional groups attached to an aromatic ring is 1. The molecule has 0 radical (unpaired) electrons. The lowest BCUT2D eigenvalue weighted by Gasteiger charge is -2.35. The van der Waals surface area contributed by atoms with Gasteiger partial charge in [-0.15, -0.1) is 0 Å². The van der Waals surface area contributed by atoms with Crippen molar-refractivity contribution in [2.75, 3.05) is 23.7 Å². The molecule has 2 aliphatic heterocycles. The van der Waals surface area contributed by atoms with Gasteiger partial charge in [0, 0.05) is 24.7 Å². The molecule has 0 bridgehead atoms. The summed E-state index contributed by atoms with van der Waals surface area (Å²) >= 11 is 0. The average Bonchev–Trinajstić information content (AvgIpc) is 2.72. The fraction of sp³-hybridized carbons (Fsp3) is 0.429. The largest absolute Gasteiger partial charge is 0.465 e. The molecule has 7 heteroatoms. The summed E-state index contributed by atoms with van der Waals surface area (Å²) in [6, 6.07) is 3.31. The zero-order valence-electron chi connectivity index (χ0n) is 11.6. The van der Waals surface area contributed by atoms with E-state index in [0.29, 0.717) is 30.9 Å². The van der Waals surface area contributed by atoms with Gasteiger partial charge in [-0.2, -0.15) is 0 Å². The van der Waals surface area contributed by atoms with E-state index < -0.39 is 12.2 Å². The van der Waals surface area contributed by atoms with Gasteiger partial charge in [0.15, 0.2) is 0 Å². The van der Waals surface area contributed by atoms with Crippen molar-refractivity contribution >= 4 is 23.6 Å². The average molecular weight is 291 g/mol. The van der Waals surface area contributed by atoms with Crippen LogP contribution < -0.4 is 10.6 Å². The normalized spacial score (nSPS) is 23.7. The molecule has 1 saturated heterocycles. The summed E-state index contributed by atoms with van der Waals surface area (Å²) in [5.74, 6) is -0.150. The second kappa shape index (κ2) is 4.54. The molecule has 2 amide bonds. The summed E-state index contributed by atoms with van der Waals surface area (Å²) < 4.78 is 0. The predicted octanol–water partition coefficient (Wildman–Crippen LogP) is 1.91. The lowest BCUT2D eigenvalue weighted by atomic mass is 9.88. The summed E-state index contributed by atoms with van der Waals surface area (Å²) in [6.07, 6.45) is -1.47. The quantitative estimate of drug-likeness (QED) is 0.633. The molecular weight excluding hydrogens is 274 g/mol. The first-order valence-electron chi connectivity index (χ1n) is 6.80. The van der Waals surface area contributed by atoms with Gasteiger partial charge >= 0.3 is 12.2 Å². The van der Waals surface area contributed by atoms with E-state index in [1.165, 1.54) is 9.80 Å². The van der Waals surface area contributed by atoms with Crippen molar-refractivity contribution in [2.24, 2.45) is 0 Å². The van der Waals surface area contributed by atoms with E-state index in [9.17, 15) is 14.7 Å². The van der Waals surface area contributed by atoms with Crippen LogP contribution in [0.1, 0.15) is 23.5 Å². The first kappa shape index (κ1) is 13.5. The number of carbonyl (C=O) groups is 2. The number of anilines is 2. The number of fused-ring (bicyclic) bond motifs is 3. The van der Waals surface area contributed by atoms with Gasteiger partial charge in [0.2, 0.25) is 0 Å². The number of nitrogens with two attached hydrogens (primary N) is 1. The first-order valence-corrected chi connectivity index (χ1v) is 6.80. The number of hydrogen-bond donors (Lipinski definition) is 3. The third-order valence-electron chi connectivity index (χ3n) is 4.38. The summed E-state index contributed by atoms with van der Waals surface area (Å²) in [5.41, 5.74) is 8.76. The van der Waals surface area contributed by atoms with Crippen LogP contribution in [0.4, 0.5) is 21.0 Å². The molecule has 21 heavy (non-hydrogen) atoms. The number of hydrogen-bond acceptors (Lipinski definition) is 3. The molecule has 3 rings (SSSR count). The van der Waals surface area contributed by atoms with Crippen molar-refractivity contribution in [3.05, 3.63) is 23.3 Å². The highest BCUT2D eigenvalue weighted by Crippen LogP contribution is 2.47. The third kappa shape index (κ3) is 1.96. The number of carboxylic acid groups (broad SMARTS) is 2. The minimum absolute atomic E-state index is 0.150. The van der Waals surface area contributed by atoms with E-state index in [0.717, 1.165) is 11.1 Å². The molecule has 0 unspecified atom stereocenters. The summed E-state index contributed by atoms with van der Waals surface area (Å²) in [5, 5.41) is 18.7. The first-order chi connectivity index (χ1) is 9.90. The highest BCUT2D eigenvalue weighted by Gasteiger charge is 2.46. The van der Waals surface area contributed by atoms with Crippen LogP contribution in [0, 0.1) is 6.92 Å². The van der Waals surface area contributed by atoms with Crippen LogP contribution in [0.25, 0.3) is 0 Å². The second-order valence-corrected chi connectivity index (χ2v) is 5.62. The van der Waals surface area contributed by atoms with E-state index in [2.05, 4.69) is 0 Å². The molecule has 2 atom stereocenters. The van der Waals surface area contributed by atoms with Gasteiger partial charge in [0.1, 0.15) is 0 Å². The Morgan fingerprint density at radius 1 is 1.29 bits per heavy atom. The smallest absolute Gasteiger partial charge is 0.412 e. The molecule has 2 heterocycles. The molecule has 1 fully saturated rings. The van der Waals surface area contributed by atoms with E-state index in [4.69, 9.17) is 10.8 Å². The molecule has 0 aliphatic carbocycles. The molecule has 0 spiro atoms. The molecule has 7 nitrogen and oxygen atoms in total. The Morgan fingerprint density at radius 2 is 2.00 bits per heavy atom. The molecule has 0 saturated carbocycles. The fourth-order valence-corrected chi connectivity index (χ4v) is 3.58. The van der Waals surface area contributed by atoms with Gasteiger partial charge in [0.25, 0.3) is 0 Å². The standard InChI is InChI=1S/C14H17N3O4/c1-7-4-8(15)5-9-10-6-16(13(18)19)3-2-11(10)17(12(7)9)14(20)21/h4-5,10-11H,2-3,6,15H2,1H3,(H,18,19)(H,20,21)/t10-,11-/m0/s1. The zero-order chi connectivity index (χ0) is 15.3. The van der Waals surface area contributed by atoms with Crippen LogP contribution in [0.2, 0.25) is 0 Å². The lowest BCUT2D eigenvalue weighted by Crippen LogP contribution is -2.49. The van der Waals surface area contributed by atoms with Crippen LogP contribution in [-0.4, -0.2) is 46.4 Å². The SMILES string of the molecule is Cc1cc(N)cc2c1N(C(=O)O)[C@H]1CCN(C(=O)O)C[C@@H]21. The maximum atomic E-state index is 11.6. The molecular formula is C14H17N3O4. The molecule has 2 aliphatic rings. The van der Waals surface area contributed by atoms with Crippen molar-refractivity contribution in [1.29, 1.82) is 0 Å². The van der Waals surface area contributed by atoms with Gasteiger partial charge in [-0.1, -0.05) is 0 Å². The van der Waals surface area contributed by atoms with E-state index in [1.54, 1.807) is 12.1 Å². The van der Waals surface area contributed by atoms with Gasteiger partial charge in [-0.05, 0) is 36.6 Å². The Balaban J connectivity index is 2.09. The fourth-order valence-electron chi connectivity index (χ4n) is 3.58. The van der Waals surface area contributed by atoms with Crippen molar-refractivity contribution in [3.63, 3.8) is 0 Å². The van der Waals surface area contributed by atoms with Crippen LogP contribution in [-0.2, 0) is 0 Å². The van der Waals surface area contributed by atoms with Gasteiger partial charge in [-0.25, -0.2) is 9.59 Å². The highest BCUT2D eigenvalue weighted by atomic mass is 16.4. The number of aryl methyl sites for hydroxylation is 1. The third-order valence-corrected chi connectivity index (χ3v) is 4.38. The Hall–Kier alpha value is -2.44. The molecule has 1 aromatic carbocycles. The van der Waals surface area contributed by atoms with Crippen LogP contribution in [0.5, 0.6) is 0 Å². The lowest BCUT2D eigenvalue weighted by molar-refractivity contribution is 0.126. The molecule has 4 N–H and O–H groups in total. The number of benzene rings is 1. The maximum Gasteiger partial charge on any atom is 0.412 e. The number of amides is 2. The predicted molar refractivity (Wildman–Crippen MR) is 76.8 cm³/mol. The zero-order valence-corrected chi connectivity index (χ0v) is 11.6. The topological polar surface area (TPSA) is 107 Å². The van der Waals surface area contributed by atoms with Gasteiger partial charge in [-0.3, -0.25) is 4.90 Å². The maximum absolute atomic E-state index is 11.6. The summed E-state index contributed by atoms with van der Waals surface area (Å²) in [4.78, 5) is 25.5. The van der Waals surface area contributed by atoms with Crippen molar-refractivity contribution in [1.82, 2.24) is 4.90 Å². The van der Waals surface area contributed by atoms with Crippen molar-refractivity contribution in [2.45, 2.75) is 25.3 Å². The highest BCUT2D eigenvalue weighted by molar-refractivity contribution is 5.92. The Morgan fingerprint density at radius 3 is 2.62 bits per heavy atom. The second-order valence-electron chi connectivity index (χ2n) is 5.62. The summed E-state index contributed by atoms with van der Waals surface area (Å²) in [6.45, 7) is 2.49. The minimum atomic E-state index is -1.000. The van der Waals surface area contributed by atoms with Crippen LogP contribution >= 0.6 is 0 Å². The van der Waals surface area contributed by atoms with E-state index in [1.807, 2.05) is 6.92 Å². The van der Waals surface area contributed by atoms with Gasteiger partial charge in [0.05, 0.1) is 11.7 Å². The Bertz CT molecular complexity index is 631. The van der Waals surface area contributed by atoms with Crippen molar-refractivity contribution < 1.29 is 19.8 Å². The number of piperidine rings is 1. The number of likely N-dealkylation sites (tertiary alicyclic amines) is 1. The monoisotopic (exact) mass is 291 g/mol. The van der Waals surface area contributed by atoms with E-state index in [-0.39, 0.29) is 12.0 Å². The van der Waals surface area contributed by atoms with Crippen molar-refractivity contribution in [3.8, 4) is 0 Å². The molecule has 0 aromatic heterocycles. The van der Waals surface area contributed by atoms with E-state index >= 15 is 0 Å². The summed E-state index contributed by atoms with van der Waals surface area (Å²) in [7, 11) is 0. The van der Waals surface area contributed by atoms with Crippen LogP contribution in [0.3, 0.4) is 0 Å². The number of rotatable bonds is 0. The molecule has 1 aromatic rings. The minimum Gasteiger partial charge on any atom is -0.465 e.